The lowest BCUT2D eigenvalue weighted by Gasteiger charge is -2.08. The maximum atomic E-state index is 12.9. The highest BCUT2D eigenvalue weighted by molar-refractivity contribution is 7.89. The molecule has 1 heterocycles. The first-order valence-corrected chi connectivity index (χ1v) is 12.2. The lowest BCUT2D eigenvalue weighted by Crippen LogP contribution is -2.21. The van der Waals surface area contributed by atoms with Crippen molar-refractivity contribution in [1.29, 1.82) is 0 Å². The van der Waals surface area contributed by atoms with E-state index in [1.807, 2.05) is 20.8 Å². The van der Waals surface area contributed by atoms with Gasteiger partial charge in [0.2, 0.25) is 10.0 Å². The molecule has 3 rings (SSSR count). The molecule has 0 aliphatic carbocycles. The molecule has 1 unspecified atom stereocenters. The Morgan fingerprint density at radius 3 is 1.97 bits per heavy atom. The summed E-state index contributed by atoms with van der Waals surface area (Å²) in [7, 11) is -8.02. The molecule has 0 amide bonds. The van der Waals surface area contributed by atoms with Gasteiger partial charge in [-0.25, -0.2) is 12.6 Å². The van der Waals surface area contributed by atoms with Gasteiger partial charge in [0.25, 0.3) is 0 Å². The van der Waals surface area contributed by atoms with Gasteiger partial charge in [-0.3, -0.25) is 0 Å². The number of hydrogen-bond donors (Lipinski definition) is 0. The van der Waals surface area contributed by atoms with Crippen molar-refractivity contribution in [2.45, 2.75) is 50.6 Å². The zero-order chi connectivity index (χ0) is 21.2. The molecule has 9 heteroatoms. The standard InChI is InChI=1S/C20H25NO6S2/c1-4-5-19-20(21(19)28(22,23)18-12-8-16(3)9-13-18)14-26-29(24,25)27-17-10-6-15(2)7-11-17/h6-13,19-20H,4-5,14H2,1-3H3/t19-,20-,21?/m1/s1. The van der Waals surface area contributed by atoms with Gasteiger partial charge in [0.1, 0.15) is 5.75 Å². The van der Waals surface area contributed by atoms with Crippen LogP contribution >= 0.6 is 0 Å². The van der Waals surface area contributed by atoms with Crippen LogP contribution in [0.3, 0.4) is 0 Å². The quantitative estimate of drug-likeness (QED) is 0.558. The van der Waals surface area contributed by atoms with Crippen molar-refractivity contribution in [3.8, 4) is 5.75 Å². The first-order chi connectivity index (χ1) is 13.6. The fourth-order valence-electron chi connectivity index (χ4n) is 3.19. The number of nitrogens with zero attached hydrogens (tertiary/aromatic N) is 1. The third kappa shape index (κ3) is 5.16. The minimum absolute atomic E-state index is 0.139. The van der Waals surface area contributed by atoms with E-state index in [0.29, 0.717) is 6.42 Å². The van der Waals surface area contributed by atoms with E-state index >= 15 is 0 Å². The summed E-state index contributed by atoms with van der Waals surface area (Å²) in [5, 5.41) is 0. The summed E-state index contributed by atoms with van der Waals surface area (Å²) in [6.45, 7) is 5.41. The summed E-state index contributed by atoms with van der Waals surface area (Å²) >= 11 is 0. The van der Waals surface area contributed by atoms with Crippen molar-refractivity contribution < 1.29 is 25.2 Å². The molecule has 29 heavy (non-hydrogen) atoms. The van der Waals surface area contributed by atoms with Crippen molar-refractivity contribution in [1.82, 2.24) is 4.31 Å². The Kier molecular flexibility index (Phi) is 6.33. The SMILES string of the molecule is CCC[C@@H]1[C@@H](COS(=O)(=O)Oc2ccc(C)cc2)N1S(=O)(=O)c1ccc(C)cc1. The largest absolute Gasteiger partial charge is 0.449 e. The molecule has 1 aliphatic heterocycles. The zero-order valence-corrected chi connectivity index (χ0v) is 18.2. The summed E-state index contributed by atoms with van der Waals surface area (Å²) in [5.41, 5.74) is 1.92. The van der Waals surface area contributed by atoms with Crippen LogP contribution in [0.15, 0.2) is 53.4 Å². The van der Waals surface area contributed by atoms with Gasteiger partial charge in [-0.15, -0.1) is 0 Å². The first kappa shape index (κ1) is 21.8. The smallest absolute Gasteiger partial charge is 0.362 e. The molecule has 158 valence electrons. The molecule has 0 radical (unpaired) electrons. The van der Waals surface area contributed by atoms with Crippen LogP contribution in [0.1, 0.15) is 30.9 Å². The van der Waals surface area contributed by atoms with Crippen molar-refractivity contribution in [2.75, 3.05) is 6.61 Å². The Morgan fingerprint density at radius 1 is 0.862 bits per heavy atom. The molecule has 0 bridgehead atoms. The van der Waals surface area contributed by atoms with E-state index in [2.05, 4.69) is 0 Å². The van der Waals surface area contributed by atoms with Crippen molar-refractivity contribution in [3.63, 3.8) is 0 Å². The van der Waals surface area contributed by atoms with Gasteiger partial charge in [-0.1, -0.05) is 48.7 Å². The molecule has 1 saturated heterocycles. The number of sulfonamides is 1. The lowest BCUT2D eigenvalue weighted by molar-refractivity contribution is 0.268. The van der Waals surface area contributed by atoms with Gasteiger partial charge in [-0.2, -0.15) is 12.7 Å². The van der Waals surface area contributed by atoms with Crippen LogP contribution in [-0.2, 0) is 24.6 Å². The second-order valence-corrected chi connectivity index (χ2v) is 10.2. The number of benzene rings is 2. The Labute approximate surface area is 172 Å². The molecular weight excluding hydrogens is 414 g/mol. The lowest BCUT2D eigenvalue weighted by atomic mass is 10.2. The third-order valence-electron chi connectivity index (χ3n) is 4.79. The molecule has 1 fully saturated rings. The van der Waals surface area contributed by atoms with Crippen molar-refractivity contribution in [3.05, 3.63) is 59.7 Å². The van der Waals surface area contributed by atoms with E-state index in [0.717, 1.165) is 17.5 Å². The number of aryl methyl sites for hydroxylation is 2. The van der Waals surface area contributed by atoms with Crippen LogP contribution in [0.5, 0.6) is 5.75 Å². The summed E-state index contributed by atoms with van der Waals surface area (Å²) in [6.07, 6.45) is 1.39. The molecule has 1 aliphatic rings. The maximum Gasteiger partial charge on any atom is 0.449 e. The molecular formula is C20H25NO6S2. The summed E-state index contributed by atoms with van der Waals surface area (Å²) in [5.74, 6) is 0.139. The topological polar surface area (TPSA) is 89.8 Å². The molecule has 0 spiro atoms. The van der Waals surface area contributed by atoms with Gasteiger partial charge in [-0.05, 0) is 44.5 Å². The molecule has 0 aromatic heterocycles. The Hall–Kier alpha value is -1.94. The highest BCUT2D eigenvalue weighted by Gasteiger charge is 2.55. The van der Waals surface area contributed by atoms with Crippen LogP contribution in [0.4, 0.5) is 0 Å². The molecule has 0 saturated carbocycles. The summed E-state index contributed by atoms with van der Waals surface area (Å²) < 4.78 is 61.4. The fourth-order valence-corrected chi connectivity index (χ4v) is 5.72. The van der Waals surface area contributed by atoms with Crippen LogP contribution in [0.25, 0.3) is 0 Å². The van der Waals surface area contributed by atoms with Crippen LogP contribution in [-0.4, -0.2) is 39.8 Å². The molecule has 0 N–H and O–H groups in total. The van der Waals surface area contributed by atoms with Crippen molar-refractivity contribution >= 4 is 20.4 Å². The monoisotopic (exact) mass is 439 g/mol. The minimum Gasteiger partial charge on any atom is -0.362 e. The van der Waals surface area contributed by atoms with Gasteiger partial charge < -0.3 is 4.18 Å². The van der Waals surface area contributed by atoms with E-state index in [-0.39, 0.29) is 23.3 Å². The third-order valence-corrected chi connectivity index (χ3v) is 7.58. The maximum absolute atomic E-state index is 12.9. The molecule has 7 nitrogen and oxygen atoms in total. The van der Waals surface area contributed by atoms with E-state index in [1.54, 1.807) is 36.4 Å². The van der Waals surface area contributed by atoms with Crippen LogP contribution in [0.2, 0.25) is 0 Å². The first-order valence-electron chi connectivity index (χ1n) is 9.40. The second-order valence-electron chi connectivity index (χ2n) is 7.16. The zero-order valence-electron chi connectivity index (χ0n) is 16.6. The highest BCUT2D eigenvalue weighted by Crippen LogP contribution is 2.39. The average Bonchev–Trinajstić information content (AvgIpc) is 3.36. The minimum atomic E-state index is -4.30. The average molecular weight is 440 g/mol. The number of rotatable bonds is 9. The Balaban J connectivity index is 1.69. The Morgan fingerprint density at radius 2 is 1.41 bits per heavy atom. The predicted molar refractivity (Wildman–Crippen MR) is 109 cm³/mol. The number of hydrogen-bond acceptors (Lipinski definition) is 6. The molecule has 2 aromatic carbocycles. The van der Waals surface area contributed by atoms with Crippen molar-refractivity contribution in [2.24, 2.45) is 0 Å². The van der Waals surface area contributed by atoms with E-state index in [9.17, 15) is 16.8 Å². The van der Waals surface area contributed by atoms with Gasteiger partial charge in [0.05, 0.1) is 17.5 Å². The Bertz CT molecular complexity index is 1050. The van der Waals surface area contributed by atoms with Crippen LogP contribution < -0.4 is 4.18 Å². The van der Waals surface area contributed by atoms with Gasteiger partial charge in [0.15, 0.2) is 0 Å². The van der Waals surface area contributed by atoms with Crippen LogP contribution in [0, 0.1) is 13.8 Å². The van der Waals surface area contributed by atoms with Gasteiger partial charge >= 0.3 is 10.4 Å². The fraction of sp³-hybridized carbons (Fsp3) is 0.400. The molecule has 2 aromatic rings. The highest BCUT2D eigenvalue weighted by atomic mass is 32.3. The predicted octanol–water partition coefficient (Wildman–Crippen LogP) is 3.19. The summed E-state index contributed by atoms with van der Waals surface area (Å²) in [6, 6.07) is 12.2. The van der Waals surface area contributed by atoms with Gasteiger partial charge in [0, 0.05) is 6.04 Å². The van der Waals surface area contributed by atoms with E-state index in [1.165, 1.54) is 16.4 Å². The van der Waals surface area contributed by atoms with E-state index in [4.69, 9.17) is 8.37 Å². The molecule has 3 atom stereocenters. The second kappa shape index (κ2) is 8.43. The van der Waals surface area contributed by atoms with E-state index < -0.39 is 26.5 Å². The summed E-state index contributed by atoms with van der Waals surface area (Å²) in [4.78, 5) is 0.186. The normalized spacial score (nSPS) is 21.7.